The van der Waals surface area contributed by atoms with E-state index in [0.717, 1.165) is 0 Å². The first kappa shape index (κ1) is 20.5. The van der Waals surface area contributed by atoms with E-state index in [-0.39, 0.29) is 23.2 Å². The Morgan fingerprint density at radius 1 is 0.833 bits per heavy atom. The highest BCUT2D eigenvalue weighted by atomic mass is 16.5. The molecule has 0 aliphatic carbocycles. The van der Waals surface area contributed by atoms with Gasteiger partial charge in [-0.3, -0.25) is 9.59 Å². The van der Waals surface area contributed by atoms with Gasteiger partial charge in [0.1, 0.15) is 11.1 Å². The standard InChI is InChI=1S/C12H11NO3.C10H7NO3/c1-2-16-12(15)9-7-13-10-6-4-3-5-8(10)11(9)14;12-9-6-3-1-2-4-8(6)11-5-7(9)10(13)14/h3-7H,2H2,1H3,(H,13,14);1-5H,(H,11,12)(H,13,14). The minimum atomic E-state index is -1.21. The lowest BCUT2D eigenvalue weighted by Gasteiger charge is -2.02. The number of ether oxygens (including phenoxy) is 1. The van der Waals surface area contributed by atoms with Gasteiger partial charge in [0, 0.05) is 34.2 Å². The number of esters is 1. The number of nitrogens with one attached hydrogen (secondary N) is 2. The minimum absolute atomic E-state index is 0.0422. The molecule has 0 saturated heterocycles. The predicted molar refractivity (Wildman–Crippen MR) is 112 cm³/mol. The zero-order valence-corrected chi connectivity index (χ0v) is 16.0. The van der Waals surface area contributed by atoms with E-state index in [0.29, 0.717) is 21.8 Å². The lowest BCUT2D eigenvalue weighted by atomic mass is 10.1. The summed E-state index contributed by atoms with van der Waals surface area (Å²) in [5.41, 5.74) is 0.409. The molecule has 0 spiro atoms. The molecule has 2 aromatic carbocycles. The molecule has 0 bridgehead atoms. The first-order chi connectivity index (χ1) is 14.4. The number of para-hydroxylation sites is 2. The Balaban J connectivity index is 0.000000172. The van der Waals surface area contributed by atoms with Crippen molar-refractivity contribution in [1.29, 1.82) is 0 Å². The van der Waals surface area contributed by atoms with Crippen LogP contribution >= 0.6 is 0 Å². The Hall–Kier alpha value is -4.20. The third-order valence-electron chi connectivity index (χ3n) is 4.30. The number of aromatic nitrogens is 2. The first-order valence-corrected chi connectivity index (χ1v) is 9.05. The average molecular weight is 406 g/mol. The minimum Gasteiger partial charge on any atom is -0.477 e. The van der Waals surface area contributed by atoms with Crippen LogP contribution in [0.2, 0.25) is 0 Å². The second kappa shape index (κ2) is 8.87. The van der Waals surface area contributed by atoms with E-state index in [2.05, 4.69) is 9.97 Å². The van der Waals surface area contributed by atoms with Crippen LogP contribution in [0.1, 0.15) is 27.6 Å². The van der Waals surface area contributed by atoms with Gasteiger partial charge in [0.15, 0.2) is 0 Å². The number of carboxylic acid groups (broad SMARTS) is 1. The van der Waals surface area contributed by atoms with E-state index in [1.807, 2.05) is 6.07 Å². The Labute approximate surface area is 169 Å². The summed E-state index contributed by atoms with van der Waals surface area (Å²) in [5, 5.41) is 9.59. The summed E-state index contributed by atoms with van der Waals surface area (Å²) in [4.78, 5) is 51.3. The molecule has 3 N–H and O–H groups in total. The molecule has 8 heteroatoms. The van der Waals surface area contributed by atoms with Crippen molar-refractivity contribution in [3.63, 3.8) is 0 Å². The fourth-order valence-corrected chi connectivity index (χ4v) is 2.85. The lowest BCUT2D eigenvalue weighted by molar-refractivity contribution is 0.0524. The van der Waals surface area contributed by atoms with E-state index >= 15 is 0 Å². The number of fused-ring (bicyclic) bond motifs is 2. The molecule has 4 aromatic rings. The topological polar surface area (TPSA) is 129 Å². The van der Waals surface area contributed by atoms with Crippen LogP contribution in [0.5, 0.6) is 0 Å². The Morgan fingerprint density at radius 3 is 1.80 bits per heavy atom. The number of pyridine rings is 2. The predicted octanol–water partition coefficient (Wildman–Crippen LogP) is 2.93. The quantitative estimate of drug-likeness (QED) is 0.449. The van der Waals surface area contributed by atoms with E-state index < -0.39 is 17.4 Å². The van der Waals surface area contributed by atoms with Gasteiger partial charge in [-0.05, 0) is 31.2 Å². The van der Waals surface area contributed by atoms with E-state index in [1.165, 1.54) is 12.4 Å². The molecule has 152 valence electrons. The van der Waals surface area contributed by atoms with Crippen LogP contribution < -0.4 is 10.9 Å². The summed E-state index contributed by atoms with van der Waals surface area (Å²) >= 11 is 0. The maximum absolute atomic E-state index is 11.9. The number of H-pyrrole nitrogens is 2. The number of carbonyl (C=O) groups excluding carboxylic acids is 1. The van der Waals surface area contributed by atoms with Crippen molar-refractivity contribution in [1.82, 2.24) is 9.97 Å². The summed E-state index contributed by atoms with van der Waals surface area (Å²) in [7, 11) is 0. The van der Waals surface area contributed by atoms with Crippen LogP contribution in [0.25, 0.3) is 21.8 Å². The van der Waals surface area contributed by atoms with E-state index in [9.17, 15) is 19.2 Å². The van der Waals surface area contributed by atoms with Crippen LogP contribution in [0.4, 0.5) is 0 Å². The second-order valence-corrected chi connectivity index (χ2v) is 6.18. The third-order valence-corrected chi connectivity index (χ3v) is 4.30. The van der Waals surface area contributed by atoms with E-state index in [1.54, 1.807) is 49.4 Å². The van der Waals surface area contributed by atoms with Crippen molar-refractivity contribution < 1.29 is 19.4 Å². The molecule has 0 radical (unpaired) electrons. The molecule has 0 aliphatic heterocycles. The van der Waals surface area contributed by atoms with Gasteiger partial charge < -0.3 is 19.8 Å². The van der Waals surface area contributed by atoms with Gasteiger partial charge in [-0.1, -0.05) is 24.3 Å². The number of aromatic amines is 2. The van der Waals surface area contributed by atoms with Gasteiger partial charge in [0.25, 0.3) is 0 Å². The number of benzene rings is 2. The van der Waals surface area contributed by atoms with Crippen molar-refractivity contribution in [3.8, 4) is 0 Å². The van der Waals surface area contributed by atoms with Crippen molar-refractivity contribution in [2.75, 3.05) is 6.61 Å². The number of carbonyl (C=O) groups is 2. The number of hydrogen-bond acceptors (Lipinski definition) is 5. The summed E-state index contributed by atoms with van der Waals surface area (Å²) in [6.07, 6.45) is 2.61. The van der Waals surface area contributed by atoms with Crippen molar-refractivity contribution in [2.24, 2.45) is 0 Å². The van der Waals surface area contributed by atoms with Crippen LogP contribution in [-0.4, -0.2) is 33.6 Å². The Morgan fingerprint density at radius 2 is 1.30 bits per heavy atom. The first-order valence-electron chi connectivity index (χ1n) is 9.05. The summed E-state index contributed by atoms with van der Waals surface area (Å²) in [5.74, 6) is -1.80. The SMILES string of the molecule is CCOC(=O)c1c[nH]c2ccccc2c1=O.O=C(O)c1c[nH]c2ccccc2c1=O. The second-order valence-electron chi connectivity index (χ2n) is 6.18. The number of aromatic carboxylic acids is 1. The highest BCUT2D eigenvalue weighted by molar-refractivity contribution is 5.93. The molecule has 8 nitrogen and oxygen atoms in total. The van der Waals surface area contributed by atoms with Crippen molar-refractivity contribution >= 4 is 33.7 Å². The lowest BCUT2D eigenvalue weighted by Crippen LogP contribution is -2.17. The molecule has 2 aromatic heterocycles. The normalized spacial score (nSPS) is 10.3. The smallest absolute Gasteiger partial charge is 0.343 e. The van der Waals surface area contributed by atoms with Crippen LogP contribution in [0.3, 0.4) is 0 Å². The third kappa shape index (κ3) is 4.12. The maximum Gasteiger partial charge on any atom is 0.343 e. The van der Waals surface area contributed by atoms with Crippen molar-refractivity contribution in [2.45, 2.75) is 6.92 Å². The fourth-order valence-electron chi connectivity index (χ4n) is 2.85. The zero-order valence-electron chi connectivity index (χ0n) is 16.0. The Kier molecular flexibility index (Phi) is 6.07. The number of carboxylic acids is 1. The molecule has 2 heterocycles. The van der Waals surface area contributed by atoms with Gasteiger partial charge >= 0.3 is 11.9 Å². The molecule has 0 unspecified atom stereocenters. The number of hydrogen-bond donors (Lipinski definition) is 3. The largest absolute Gasteiger partial charge is 0.477 e. The molecular formula is C22H18N2O6. The van der Waals surface area contributed by atoms with Crippen LogP contribution in [0.15, 0.2) is 70.5 Å². The fraction of sp³-hybridized carbons (Fsp3) is 0.0909. The van der Waals surface area contributed by atoms with Gasteiger partial charge in [-0.2, -0.15) is 0 Å². The molecule has 30 heavy (non-hydrogen) atoms. The van der Waals surface area contributed by atoms with Gasteiger partial charge in [-0.25, -0.2) is 9.59 Å². The molecular weight excluding hydrogens is 388 g/mol. The highest BCUT2D eigenvalue weighted by Crippen LogP contribution is 2.08. The Bertz CT molecular complexity index is 1350. The molecule has 0 aliphatic rings. The van der Waals surface area contributed by atoms with Gasteiger partial charge in [-0.15, -0.1) is 0 Å². The average Bonchev–Trinajstić information content (AvgIpc) is 2.75. The number of rotatable bonds is 3. The molecule has 4 rings (SSSR count). The monoisotopic (exact) mass is 406 g/mol. The molecule has 0 fully saturated rings. The summed E-state index contributed by atoms with van der Waals surface area (Å²) in [6, 6.07) is 13.8. The molecule has 0 saturated carbocycles. The van der Waals surface area contributed by atoms with Crippen molar-refractivity contribution in [3.05, 3.63) is 92.5 Å². The summed E-state index contributed by atoms with van der Waals surface area (Å²) < 4.78 is 4.80. The van der Waals surface area contributed by atoms with Crippen LogP contribution in [0, 0.1) is 0 Å². The van der Waals surface area contributed by atoms with Crippen LogP contribution in [-0.2, 0) is 4.74 Å². The maximum atomic E-state index is 11.9. The van der Waals surface area contributed by atoms with E-state index in [4.69, 9.17) is 9.84 Å². The molecule has 0 amide bonds. The zero-order chi connectivity index (χ0) is 21.7. The summed E-state index contributed by atoms with van der Waals surface area (Å²) in [6.45, 7) is 1.96. The highest BCUT2D eigenvalue weighted by Gasteiger charge is 2.13. The van der Waals surface area contributed by atoms with Gasteiger partial charge in [0.2, 0.25) is 10.9 Å². The molecule has 0 atom stereocenters. The van der Waals surface area contributed by atoms with Gasteiger partial charge in [0.05, 0.1) is 6.61 Å².